The summed E-state index contributed by atoms with van der Waals surface area (Å²) in [6, 6.07) is 8.38. The summed E-state index contributed by atoms with van der Waals surface area (Å²) >= 11 is 0. The fourth-order valence-electron chi connectivity index (χ4n) is 2.77. The normalized spacial score (nSPS) is 23.3. The second-order valence-electron chi connectivity index (χ2n) is 4.49. The van der Waals surface area contributed by atoms with Gasteiger partial charge < -0.3 is 0 Å². The number of fused-ring (bicyclic) bond motifs is 2. The summed E-state index contributed by atoms with van der Waals surface area (Å²) in [5.41, 5.74) is 6.25. The minimum Gasteiger partial charge on any atom is -0.252 e. The largest absolute Gasteiger partial charge is 0.252 e. The molecule has 3 aliphatic rings. The Kier molecular flexibility index (Phi) is 1.67. The molecule has 0 fully saturated rings. The van der Waals surface area contributed by atoms with Crippen LogP contribution in [-0.4, -0.2) is 5.71 Å². The van der Waals surface area contributed by atoms with Crippen molar-refractivity contribution in [2.45, 2.75) is 0 Å². The van der Waals surface area contributed by atoms with E-state index in [0.717, 1.165) is 11.4 Å². The highest BCUT2D eigenvalue weighted by Crippen LogP contribution is 2.43. The van der Waals surface area contributed by atoms with Crippen LogP contribution >= 0.6 is 0 Å². The van der Waals surface area contributed by atoms with Gasteiger partial charge in [-0.2, -0.15) is 0 Å². The molecule has 0 saturated carbocycles. The lowest BCUT2D eigenvalue weighted by Gasteiger charge is -2.31. The van der Waals surface area contributed by atoms with Gasteiger partial charge in [0.05, 0.1) is 17.3 Å². The van der Waals surface area contributed by atoms with E-state index in [-0.39, 0.29) is 0 Å². The maximum Gasteiger partial charge on any atom is 0.0708 e. The van der Waals surface area contributed by atoms with Crippen LogP contribution in [0.4, 0.5) is 5.69 Å². The van der Waals surface area contributed by atoms with Crippen molar-refractivity contribution in [3.8, 4) is 0 Å². The average molecular weight is 217 g/mol. The molecule has 0 aromatic heterocycles. The topological polar surface area (TPSA) is 12.4 Å². The third-order valence-electron chi connectivity index (χ3n) is 3.52. The number of aliphatic imine (C=N–C) groups is 1. The first-order valence-electron chi connectivity index (χ1n) is 5.88. The van der Waals surface area contributed by atoms with Gasteiger partial charge in [-0.05, 0) is 23.3 Å². The fraction of sp³-hybridized carbons (Fsp3) is 0.0625. The van der Waals surface area contributed by atoms with E-state index in [4.69, 9.17) is 4.99 Å². The molecular formula is C16H11N. The Bertz CT molecular complexity index is 654. The van der Waals surface area contributed by atoms with Gasteiger partial charge in [-0.3, -0.25) is 4.99 Å². The zero-order valence-electron chi connectivity index (χ0n) is 9.30. The van der Waals surface area contributed by atoms with Crippen LogP contribution in [-0.2, 0) is 0 Å². The van der Waals surface area contributed by atoms with Gasteiger partial charge in [0.15, 0.2) is 0 Å². The highest BCUT2D eigenvalue weighted by atomic mass is 14.8. The summed E-state index contributed by atoms with van der Waals surface area (Å²) in [7, 11) is 0. The summed E-state index contributed by atoms with van der Waals surface area (Å²) in [6.07, 6.45) is 12.9. The van der Waals surface area contributed by atoms with Crippen LogP contribution in [0, 0.1) is 5.92 Å². The molecule has 0 radical (unpaired) electrons. The van der Waals surface area contributed by atoms with E-state index in [1.165, 1.54) is 16.7 Å². The van der Waals surface area contributed by atoms with Crippen molar-refractivity contribution in [3.05, 3.63) is 71.9 Å². The summed E-state index contributed by atoms with van der Waals surface area (Å²) in [5, 5.41) is 0. The van der Waals surface area contributed by atoms with Crippen LogP contribution in [0.3, 0.4) is 0 Å². The van der Waals surface area contributed by atoms with E-state index >= 15 is 0 Å². The van der Waals surface area contributed by atoms with Gasteiger partial charge in [0.1, 0.15) is 0 Å². The van der Waals surface area contributed by atoms with Gasteiger partial charge in [0, 0.05) is 5.56 Å². The molecule has 1 unspecified atom stereocenters. The number of para-hydroxylation sites is 1. The summed E-state index contributed by atoms with van der Waals surface area (Å²) < 4.78 is 0. The first-order chi connectivity index (χ1) is 8.43. The molecule has 1 nitrogen and oxygen atoms in total. The predicted octanol–water partition coefficient (Wildman–Crippen LogP) is 3.84. The van der Waals surface area contributed by atoms with Gasteiger partial charge in [-0.1, -0.05) is 48.6 Å². The van der Waals surface area contributed by atoms with E-state index in [9.17, 15) is 0 Å². The van der Waals surface area contributed by atoms with Crippen LogP contribution in [0.2, 0.25) is 0 Å². The molecule has 17 heavy (non-hydrogen) atoms. The molecule has 0 amide bonds. The Morgan fingerprint density at radius 3 is 2.82 bits per heavy atom. The number of allylic oxidation sites excluding steroid dienone is 8. The maximum absolute atomic E-state index is 4.76. The van der Waals surface area contributed by atoms with Crippen molar-refractivity contribution in [2.24, 2.45) is 10.9 Å². The van der Waals surface area contributed by atoms with Crippen molar-refractivity contribution in [1.29, 1.82) is 0 Å². The Morgan fingerprint density at radius 1 is 0.941 bits per heavy atom. The van der Waals surface area contributed by atoms with Crippen LogP contribution < -0.4 is 0 Å². The molecular weight excluding hydrogens is 206 g/mol. The summed E-state index contributed by atoms with van der Waals surface area (Å²) in [5.74, 6) is 0.347. The molecule has 2 aliphatic carbocycles. The van der Waals surface area contributed by atoms with Crippen molar-refractivity contribution in [2.75, 3.05) is 0 Å². The zero-order valence-corrected chi connectivity index (χ0v) is 9.30. The van der Waals surface area contributed by atoms with Gasteiger partial charge >= 0.3 is 0 Å². The SMILES string of the molecule is C1=CC2=CC=CC3=Nc4ccccc4C(=C1)C23. The predicted molar refractivity (Wildman–Crippen MR) is 71.4 cm³/mol. The number of hydrogen-bond donors (Lipinski definition) is 0. The van der Waals surface area contributed by atoms with Crippen molar-refractivity contribution in [3.63, 3.8) is 0 Å². The summed E-state index contributed by atoms with van der Waals surface area (Å²) in [6.45, 7) is 0. The Balaban J connectivity index is 2.06. The number of benzene rings is 1. The Labute approximate surface area is 100 Å². The highest BCUT2D eigenvalue weighted by molar-refractivity contribution is 6.13. The van der Waals surface area contributed by atoms with Gasteiger partial charge in [-0.15, -0.1) is 0 Å². The van der Waals surface area contributed by atoms with E-state index in [0.29, 0.717) is 5.92 Å². The lowest BCUT2D eigenvalue weighted by molar-refractivity contribution is 1.05. The van der Waals surface area contributed by atoms with Crippen molar-refractivity contribution >= 4 is 17.0 Å². The van der Waals surface area contributed by atoms with Crippen LogP contribution in [0.5, 0.6) is 0 Å². The second kappa shape index (κ2) is 3.17. The third kappa shape index (κ3) is 1.17. The minimum absolute atomic E-state index is 0.347. The molecule has 1 aliphatic heterocycles. The smallest absolute Gasteiger partial charge is 0.0708 e. The standard InChI is InChI=1S/C16H11N/c1-2-9-14-12(7-1)13-8-3-5-11-6-4-10-15(17-14)16(11)13/h1-10,16H. The molecule has 0 N–H and O–H groups in total. The number of hydrogen-bond acceptors (Lipinski definition) is 1. The second-order valence-corrected chi connectivity index (χ2v) is 4.49. The Morgan fingerprint density at radius 2 is 1.82 bits per heavy atom. The van der Waals surface area contributed by atoms with Crippen molar-refractivity contribution in [1.82, 2.24) is 0 Å². The average Bonchev–Trinajstić information content (AvgIpc) is 2.39. The first-order valence-corrected chi connectivity index (χ1v) is 5.88. The highest BCUT2D eigenvalue weighted by Gasteiger charge is 2.30. The molecule has 0 bridgehead atoms. The molecule has 1 aromatic rings. The monoisotopic (exact) mass is 217 g/mol. The molecule has 1 atom stereocenters. The van der Waals surface area contributed by atoms with Gasteiger partial charge in [0.2, 0.25) is 0 Å². The molecule has 4 rings (SSSR count). The number of nitrogens with zero attached hydrogens (tertiary/aromatic N) is 1. The quantitative estimate of drug-likeness (QED) is 0.626. The van der Waals surface area contributed by atoms with E-state index < -0.39 is 0 Å². The minimum atomic E-state index is 0.347. The molecule has 1 heterocycles. The number of rotatable bonds is 0. The van der Waals surface area contributed by atoms with Crippen LogP contribution in [0.15, 0.2) is 71.3 Å². The Hall–Kier alpha value is -2.15. The van der Waals surface area contributed by atoms with E-state index in [1.807, 2.05) is 6.07 Å². The summed E-state index contributed by atoms with van der Waals surface area (Å²) in [4.78, 5) is 4.76. The zero-order chi connectivity index (χ0) is 11.2. The third-order valence-corrected chi connectivity index (χ3v) is 3.52. The lowest BCUT2D eigenvalue weighted by atomic mass is 9.76. The van der Waals surface area contributed by atoms with Crippen molar-refractivity contribution < 1.29 is 0 Å². The molecule has 1 aromatic carbocycles. The lowest BCUT2D eigenvalue weighted by Crippen LogP contribution is -2.22. The van der Waals surface area contributed by atoms with Gasteiger partial charge in [0.25, 0.3) is 0 Å². The maximum atomic E-state index is 4.76. The molecule has 1 heteroatoms. The first kappa shape index (κ1) is 8.94. The van der Waals surface area contributed by atoms with Crippen LogP contribution in [0.25, 0.3) is 5.57 Å². The van der Waals surface area contributed by atoms with Crippen LogP contribution in [0.1, 0.15) is 5.56 Å². The van der Waals surface area contributed by atoms with E-state index in [1.54, 1.807) is 0 Å². The van der Waals surface area contributed by atoms with E-state index in [2.05, 4.69) is 54.7 Å². The fourth-order valence-corrected chi connectivity index (χ4v) is 2.77. The van der Waals surface area contributed by atoms with Gasteiger partial charge in [-0.25, -0.2) is 0 Å². The molecule has 0 saturated heterocycles. The molecule has 80 valence electrons. The molecule has 0 spiro atoms.